The SMILES string of the molecule is C/C(CC(=O)NCc1ccc(F)cc1)=N\NC(=O)C(=O)Nc1ccccn1. The van der Waals surface area contributed by atoms with Crippen molar-refractivity contribution in [3.05, 3.63) is 60.0 Å². The second kappa shape index (κ2) is 9.76. The van der Waals surface area contributed by atoms with E-state index in [1.54, 1.807) is 24.3 Å². The molecule has 0 fully saturated rings. The first-order valence-electron chi connectivity index (χ1n) is 8.00. The van der Waals surface area contributed by atoms with Gasteiger partial charge in [-0.05, 0) is 36.8 Å². The molecule has 0 aliphatic rings. The molecule has 2 rings (SSSR count). The second-order valence-corrected chi connectivity index (χ2v) is 5.54. The summed E-state index contributed by atoms with van der Waals surface area (Å²) in [6, 6.07) is 10.6. The summed E-state index contributed by atoms with van der Waals surface area (Å²) in [6.45, 7) is 1.78. The van der Waals surface area contributed by atoms with Crippen molar-refractivity contribution >= 4 is 29.3 Å². The number of pyridine rings is 1. The van der Waals surface area contributed by atoms with Crippen LogP contribution in [0.1, 0.15) is 18.9 Å². The third-order valence-electron chi connectivity index (χ3n) is 3.28. The summed E-state index contributed by atoms with van der Waals surface area (Å²) in [4.78, 5) is 39.1. The number of amides is 3. The summed E-state index contributed by atoms with van der Waals surface area (Å²) in [5, 5.41) is 8.68. The molecule has 8 nitrogen and oxygen atoms in total. The van der Waals surface area contributed by atoms with Crippen LogP contribution in [0.3, 0.4) is 0 Å². The van der Waals surface area contributed by atoms with Gasteiger partial charge in [0.1, 0.15) is 11.6 Å². The standard InChI is InChI=1S/C18H18FN5O3/c1-12(10-16(25)21-11-13-5-7-14(19)8-6-13)23-24-18(27)17(26)22-15-4-2-3-9-20-15/h2-9H,10-11H2,1H3,(H,21,25)(H,24,27)(H,20,22,26)/b23-12+. The molecule has 0 aliphatic carbocycles. The molecule has 0 spiro atoms. The van der Waals surface area contributed by atoms with Gasteiger partial charge in [-0.15, -0.1) is 0 Å². The Balaban J connectivity index is 1.75. The van der Waals surface area contributed by atoms with E-state index in [0.717, 1.165) is 5.56 Å². The number of halogens is 1. The van der Waals surface area contributed by atoms with E-state index in [1.165, 1.54) is 31.3 Å². The summed E-state index contributed by atoms with van der Waals surface area (Å²) in [7, 11) is 0. The first kappa shape index (κ1) is 19.7. The molecule has 27 heavy (non-hydrogen) atoms. The molecule has 2 aromatic rings. The minimum Gasteiger partial charge on any atom is -0.352 e. The first-order chi connectivity index (χ1) is 12.9. The highest BCUT2D eigenvalue weighted by Gasteiger charge is 2.14. The van der Waals surface area contributed by atoms with Crippen molar-refractivity contribution < 1.29 is 18.8 Å². The fraction of sp³-hybridized carbons (Fsp3) is 0.167. The Kier molecular flexibility index (Phi) is 7.12. The molecule has 0 unspecified atom stereocenters. The number of carbonyl (C=O) groups excluding carboxylic acids is 3. The Morgan fingerprint density at radius 3 is 2.48 bits per heavy atom. The maximum atomic E-state index is 12.8. The Morgan fingerprint density at radius 2 is 1.81 bits per heavy atom. The third-order valence-corrected chi connectivity index (χ3v) is 3.28. The highest BCUT2D eigenvalue weighted by Crippen LogP contribution is 2.02. The third kappa shape index (κ3) is 7.02. The molecule has 1 aromatic carbocycles. The number of carbonyl (C=O) groups is 3. The Hall–Kier alpha value is -3.62. The van der Waals surface area contributed by atoms with Gasteiger partial charge in [0.2, 0.25) is 5.91 Å². The van der Waals surface area contributed by atoms with Crippen LogP contribution in [-0.4, -0.2) is 28.4 Å². The fourth-order valence-corrected chi connectivity index (χ4v) is 1.94. The van der Waals surface area contributed by atoms with Crippen LogP contribution in [0.4, 0.5) is 10.2 Å². The van der Waals surface area contributed by atoms with E-state index in [-0.39, 0.29) is 30.5 Å². The molecule has 0 atom stereocenters. The topological polar surface area (TPSA) is 113 Å². The van der Waals surface area contributed by atoms with Crippen LogP contribution in [0.5, 0.6) is 0 Å². The van der Waals surface area contributed by atoms with Gasteiger partial charge in [-0.25, -0.2) is 14.8 Å². The molecule has 140 valence electrons. The lowest BCUT2D eigenvalue weighted by Crippen LogP contribution is -2.33. The monoisotopic (exact) mass is 371 g/mol. The fourth-order valence-electron chi connectivity index (χ4n) is 1.94. The van der Waals surface area contributed by atoms with Crippen LogP contribution >= 0.6 is 0 Å². The van der Waals surface area contributed by atoms with Crippen LogP contribution in [0.15, 0.2) is 53.8 Å². The Bertz CT molecular complexity index is 838. The van der Waals surface area contributed by atoms with Gasteiger partial charge in [-0.3, -0.25) is 14.4 Å². The van der Waals surface area contributed by atoms with Crippen molar-refractivity contribution in [2.24, 2.45) is 5.10 Å². The predicted molar refractivity (Wildman–Crippen MR) is 97.0 cm³/mol. The van der Waals surface area contributed by atoms with Gasteiger partial charge >= 0.3 is 11.8 Å². The van der Waals surface area contributed by atoms with E-state index in [9.17, 15) is 18.8 Å². The summed E-state index contributed by atoms with van der Waals surface area (Å²) in [5.74, 6) is -2.35. The predicted octanol–water partition coefficient (Wildman–Crippen LogP) is 1.36. The average molecular weight is 371 g/mol. The molecule has 0 radical (unpaired) electrons. The van der Waals surface area contributed by atoms with Crippen molar-refractivity contribution in [3.63, 3.8) is 0 Å². The molecule has 0 saturated carbocycles. The van der Waals surface area contributed by atoms with Crippen LogP contribution in [0.2, 0.25) is 0 Å². The first-order valence-corrected chi connectivity index (χ1v) is 8.00. The molecule has 1 aromatic heterocycles. The van der Waals surface area contributed by atoms with E-state index in [0.29, 0.717) is 5.71 Å². The number of benzene rings is 1. The van der Waals surface area contributed by atoms with Gasteiger partial charge in [0.25, 0.3) is 0 Å². The van der Waals surface area contributed by atoms with Crippen molar-refractivity contribution in [3.8, 4) is 0 Å². The summed E-state index contributed by atoms with van der Waals surface area (Å²) in [5.41, 5.74) is 3.14. The number of aromatic nitrogens is 1. The van der Waals surface area contributed by atoms with Crippen molar-refractivity contribution in [1.29, 1.82) is 0 Å². The zero-order valence-corrected chi connectivity index (χ0v) is 14.5. The van der Waals surface area contributed by atoms with Crippen molar-refractivity contribution in [2.45, 2.75) is 19.9 Å². The maximum absolute atomic E-state index is 12.8. The lowest BCUT2D eigenvalue weighted by molar-refractivity contribution is -0.136. The Labute approximate surface area is 154 Å². The lowest BCUT2D eigenvalue weighted by atomic mass is 10.2. The summed E-state index contributed by atoms with van der Waals surface area (Å²) >= 11 is 0. The van der Waals surface area contributed by atoms with Crippen LogP contribution in [0.25, 0.3) is 0 Å². The molecule has 3 N–H and O–H groups in total. The largest absolute Gasteiger partial charge is 0.352 e. The van der Waals surface area contributed by atoms with Crippen molar-refractivity contribution in [1.82, 2.24) is 15.7 Å². The quantitative estimate of drug-likeness (QED) is 0.404. The lowest BCUT2D eigenvalue weighted by Gasteiger charge is -2.06. The van der Waals surface area contributed by atoms with Crippen LogP contribution < -0.4 is 16.1 Å². The van der Waals surface area contributed by atoms with Gasteiger partial charge in [-0.2, -0.15) is 5.10 Å². The number of anilines is 1. The zero-order chi connectivity index (χ0) is 19.6. The van der Waals surface area contributed by atoms with Gasteiger partial charge in [0.15, 0.2) is 0 Å². The van der Waals surface area contributed by atoms with Gasteiger partial charge < -0.3 is 10.6 Å². The molecule has 9 heteroatoms. The number of nitrogens with zero attached hydrogens (tertiary/aromatic N) is 2. The highest BCUT2D eigenvalue weighted by molar-refractivity contribution is 6.39. The van der Waals surface area contributed by atoms with Gasteiger partial charge in [-0.1, -0.05) is 18.2 Å². The van der Waals surface area contributed by atoms with E-state index in [1.807, 2.05) is 0 Å². The second-order valence-electron chi connectivity index (χ2n) is 5.54. The minimum atomic E-state index is -0.980. The van der Waals surface area contributed by atoms with E-state index in [2.05, 4.69) is 26.1 Å². The minimum absolute atomic E-state index is 0.0661. The van der Waals surface area contributed by atoms with Crippen LogP contribution in [0, 0.1) is 5.82 Å². The zero-order valence-electron chi connectivity index (χ0n) is 14.5. The van der Waals surface area contributed by atoms with Gasteiger partial charge in [0.05, 0.1) is 6.42 Å². The van der Waals surface area contributed by atoms with E-state index >= 15 is 0 Å². The molecule has 1 heterocycles. The summed E-state index contributed by atoms with van der Waals surface area (Å²) in [6.07, 6.45) is 1.41. The molecule has 0 saturated heterocycles. The normalized spacial score (nSPS) is 10.8. The average Bonchev–Trinajstić information content (AvgIpc) is 2.66. The number of rotatable bonds is 6. The maximum Gasteiger partial charge on any atom is 0.329 e. The van der Waals surface area contributed by atoms with E-state index in [4.69, 9.17) is 0 Å². The number of nitrogens with one attached hydrogen (secondary N) is 3. The number of hydrogen-bond donors (Lipinski definition) is 3. The summed E-state index contributed by atoms with van der Waals surface area (Å²) < 4.78 is 12.8. The highest BCUT2D eigenvalue weighted by atomic mass is 19.1. The van der Waals surface area contributed by atoms with Crippen molar-refractivity contribution in [2.75, 3.05) is 5.32 Å². The molecule has 0 bridgehead atoms. The molecular weight excluding hydrogens is 353 g/mol. The molecular formula is C18H18FN5O3. The number of hydrogen-bond acceptors (Lipinski definition) is 5. The van der Waals surface area contributed by atoms with E-state index < -0.39 is 11.8 Å². The van der Waals surface area contributed by atoms with Gasteiger partial charge in [0, 0.05) is 18.5 Å². The number of hydrazone groups is 1. The van der Waals surface area contributed by atoms with Crippen LogP contribution in [-0.2, 0) is 20.9 Å². The Morgan fingerprint density at radius 1 is 1.07 bits per heavy atom. The molecule has 0 aliphatic heterocycles. The molecule has 3 amide bonds. The smallest absolute Gasteiger partial charge is 0.329 e.